The number of hydrogen-bond donors (Lipinski definition) is 3. The van der Waals surface area contributed by atoms with E-state index in [1.54, 1.807) is 6.21 Å². The van der Waals surface area contributed by atoms with E-state index < -0.39 is 0 Å². The highest BCUT2D eigenvalue weighted by Crippen LogP contribution is 2.16. The molecule has 3 aromatic rings. The molecule has 2 aromatic heterocycles. The number of fused-ring (bicyclic) bond motifs is 1. The number of hydrogen-bond acceptors (Lipinski definition) is 6. The molecule has 128 valence electrons. The number of halogens is 1. The fourth-order valence-corrected chi connectivity index (χ4v) is 2.90. The van der Waals surface area contributed by atoms with Crippen LogP contribution in [0, 0.1) is 0 Å². The average molecular weight is 377 g/mol. The third kappa shape index (κ3) is 4.40. The lowest BCUT2D eigenvalue weighted by Gasteiger charge is -1.96. The molecule has 10 heteroatoms. The van der Waals surface area contributed by atoms with Crippen LogP contribution in [0.2, 0.25) is 0 Å². The predicted molar refractivity (Wildman–Crippen MR) is 97.0 cm³/mol. The molecule has 0 spiro atoms. The molecule has 25 heavy (non-hydrogen) atoms. The molecule has 3 rings (SSSR count). The molecule has 2 amide bonds. The van der Waals surface area contributed by atoms with Crippen molar-refractivity contribution < 1.29 is 9.59 Å². The quantitative estimate of drug-likeness (QED) is 0.346. The normalized spacial score (nSPS) is 11.1. The Labute approximate surface area is 151 Å². The number of amides is 2. The fourth-order valence-electron chi connectivity index (χ4n) is 2.08. The number of nitrogens with one attached hydrogen (secondary N) is 3. The van der Waals surface area contributed by atoms with Crippen molar-refractivity contribution in [3.05, 3.63) is 41.0 Å². The summed E-state index contributed by atoms with van der Waals surface area (Å²) >= 11 is 6.50. The summed E-state index contributed by atoms with van der Waals surface area (Å²) in [6, 6.07) is 7.80. The van der Waals surface area contributed by atoms with Crippen molar-refractivity contribution in [1.29, 1.82) is 0 Å². The van der Waals surface area contributed by atoms with E-state index in [9.17, 15) is 9.59 Å². The van der Waals surface area contributed by atoms with E-state index in [1.165, 1.54) is 0 Å². The van der Waals surface area contributed by atoms with Crippen molar-refractivity contribution in [2.45, 2.75) is 6.42 Å². The van der Waals surface area contributed by atoms with E-state index in [0.29, 0.717) is 10.1 Å². The molecule has 0 radical (unpaired) electrons. The Morgan fingerprint density at radius 2 is 2.12 bits per heavy atom. The van der Waals surface area contributed by atoms with Crippen LogP contribution in [0.3, 0.4) is 0 Å². The molecule has 0 unspecified atom stereocenters. The highest BCUT2D eigenvalue weighted by Gasteiger charge is 2.10. The summed E-state index contributed by atoms with van der Waals surface area (Å²) in [5.41, 5.74) is 4.31. The molecule has 3 N–H and O–H groups in total. The Hall–Kier alpha value is -2.78. The Kier molecular flexibility index (Phi) is 5.36. The van der Waals surface area contributed by atoms with E-state index >= 15 is 0 Å². The third-order valence-corrected chi connectivity index (χ3v) is 4.24. The SMILES string of the molecule is O=C(Cc1nnc(NC(=O)CCl)s1)N/N=C\c1c[nH]c2ccccc12. The van der Waals surface area contributed by atoms with Crippen molar-refractivity contribution in [2.75, 3.05) is 11.2 Å². The first kappa shape index (κ1) is 17.1. The number of carbonyl (C=O) groups is 2. The van der Waals surface area contributed by atoms with Gasteiger partial charge in [-0.1, -0.05) is 29.5 Å². The molecule has 0 bridgehead atoms. The maximum Gasteiger partial charge on any atom is 0.247 e. The molecular weight excluding hydrogens is 364 g/mol. The molecule has 0 saturated carbocycles. The molecule has 0 aliphatic heterocycles. The molecule has 0 aliphatic carbocycles. The number of nitrogens with zero attached hydrogens (tertiary/aromatic N) is 3. The van der Waals surface area contributed by atoms with Gasteiger partial charge in [-0.2, -0.15) is 5.10 Å². The summed E-state index contributed by atoms with van der Waals surface area (Å²) in [7, 11) is 0. The number of H-pyrrole nitrogens is 1. The van der Waals surface area contributed by atoms with Crippen LogP contribution in [0.1, 0.15) is 10.6 Å². The van der Waals surface area contributed by atoms with Crippen molar-refractivity contribution in [3.8, 4) is 0 Å². The second-order valence-electron chi connectivity index (χ2n) is 4.94. The summed E-state index contributed by atoms with van der Waals surface area (Å²) in [6.07, 6.45) is 3.40. The Morgan fingerprint density at radius 1 is 1.28 bits per heavy atom. The summed E-state index contributed by atoms with van der Waals surface area (Å²) in [6.45, 7) is 0. The maximum atomic E-state index is 11.9. The van der Waals surface area contributed by atoms with Gasteiger partial charge in [0.2, 0.25) is 16.9 Å². The summed E-state index contributed by atoms with van der Waals surface area (Å²) in [4.78, 5) is 26.2. The first-order valence-electron chi connectivity index (χ1n) is 7.22. The van der Waals surface area contributed by atoms with Gasteiger partial charge in [0, 0.05) is 22.7 Å². The monoisotopic (exact) mass is 376 g/mol. The topological polar surface area (TPSA) is 112 Å². The molecule has 0 saturated heterocycles. The van der Waals surface area contributed by atoms with E-state index in [-0.39, 0.29) is 24.1 Å². The number of aromatic amines is 1. The minimum atomic E-state index is -0.378. The van der Waals surface area contributed by atoms with Crippen molar-refractivity contribution in [2.24, 2.45) is 5.10 Å². The lowest BCUT2D eigenvalue weighted by molar-refractivity contribution is -0.120. The lowest BCUT2D eigenvalue weighted by atomic mass is 10.2. The van der Waals surface area contributed by atoms with Crippen LogP contribution >= 0.6 is 22.9 Å². The van der Waals surface area contributed by atoms with Gasteiger partial charge < -0.3 is 4.98 Å². The zero-order valence-electron chi connectivity index (χ0n) is 12.8. The standard InChI is InChI=1S/C15H13ClN6O2S/c16-6-13(24)19-15-22-21-14(25-15)5-12(23)20-18-8-9-7-17-11-4-2-1-3-10(9)11/h1-4,7-8,17H,5-6H2,(H,20,23)(H,19,22,24)/b18-8-. The molecule has 1 aromatic carbocycles. The van der Waals surface area contributed by atoms with Crippen molar-refractivity contribution >= 4 is 57.0 Å². The number of carbonyl (C=O) groups excluding carboxylic acids is 2. The first-order valence-corrected chi connectivity index (χ1v) is 8.57. The van der Waals surface area contributed by atoms with Gasteiger partial charge in [0.05, 0.1) is 12.6 Å². The minimum absolute atomic E-state index is 0.0135. The van der Waals surface area contributed by atoms with Gasteiger partial charge >= 0.3 is 0 Å². The Balaban J connectivity index is 1.55. The first-order chi connectivity index (χ1) is 12.2. The molecule has 2 heterocycles. The average Bonchev–Trinajstić information content (AvgIpc) is 3.22. The number of benzene rings is 1. The smallest absolute Gasteiger partial charge is 0.247 e. The van der Waals surface area contributed by atoms with Crippen LogP contribution in [-0.2, 0) is 16.0 Å². The van der Waals surface area contributed by atoms with E-state index in [0.717, 1.165) is 27.8 Å². The highest BCUT2D eigenvalue weighted by molar-refractivity contribution is 7.15. The Morgan fingerprint density at radius 3 is 2.96 bits per heavy atom. The number of anilines is 1. The second-order valence-corrected chi connectivity index (χ2v) is 6.27. The lowest BCUT2D eigenvalue weighted by Crippen LogP contribution is -2.19. The fraction of sp³-hybridized carbons (Fsp3) is 0.133. The van der Waals surface area contributed by atoms with Crippen molar-refractivity contribution in [1.82, 2.24) is 20.6 Å². The molecule has 8 nitrogen and oxygen atoms in total. The molecular formula is C15H13ClN6O2S. The number of alkyl halides is 1. The largest absolute Gasteiger partial charge is 0.361 e. The molecule has 0 fully saturated rings. The van der Waals surface area contributed by atoms with Crippen LogP contribution in [0.25, 0.3) is 10.9 Å². The number of rotatable bonds is 6. The van der Waals surface area contributed by atoms with E-state index in [4.69, 9.17) is 11.6 Å². The Bertz CT molecular complexity index is 935. The number of para-hydroxylation sites is 1. The van der Waals surface area contributed by atoms with Gasteiger partial charge in [0.25, 0.3) is 0 Å². The zero-order valence-corrected chi connectivity index (χ0v) is 14.4. The highest BCUT2D eigenvalue weighted by atomic mass is 35.5. The summed E-state index contributed by atoms with van der Waals surface area (Å²) in [5, 5.41) is 15.8. The van der Waals surface area contributed by atoms with E-state index in [1.807, 2.05) is 30.5 Å². The van der Waals surface area contributed by atoms with E-state index in [2.05, 4.69) is 31.0 Å². The third-order valence-electron chi connectivity index (χ3n) is 3.16. The van der Waals surface area contributed by atoms with Gasteiger partial charge in [-0.25, -0.2) is 5.43 Å². The number of aromatic nitrogens is 3. The molecule has 0 atom stereocenters. The van der Waals surface area contributed by atoms with Gasteiger partial charge in [-0.05, 0) is 6.07 Å². The van der Waals surface area contributed by atoms with Crippen molar-refractivity contribution in [3.63, 3.8) is 0 Å². The molecule has 0 aliphatic rings. The van der Waals surface area contributed by atoms with Crippen LogP contribution < -0.4 is 10.7 Å². The van der Waals surface area contributed by atoms with Gasteiger partial charge in [-0.3, -0.25) is 14.9 Å². The van der Waals surface area contributed by atoms with Crippen LogP contribution in [0.15, 0.2) is 35.6 Å². The van der Waals surface area contributed by atoms with Gasteiger partial charge in [-0.15, -0.1) is 21.8 Å². The van der Waals surface area contributed by atoms with Crippen LogP contribution in [0.5, 0.6) is 0 Å². The maximum absolute atomic E-state index is 11.9. The van der Waals surface area contributed by atoms with Gasteiger partial charge in [0.1, 0.15) is 10.9 Å². The van der Waals surface area contributed by atoms with Crippen LogP contribution in [0.4, 0.5) is 5.13 Å². The van der Waals surface area contributed by atoms with Crippen LogP contribution in [-0.4, -0.2) is 39.1 Å². The van der Waals surface area contributed by atoms with Gasteiger partial charge in [0.15, 0.2) is 0 Å². The second kappa shape index (κ2) is 7.86. The minimum Gasteiger partial charge on any atom is -0.361 e. The number of hydrazone groups is 1. The predicted octanol–water partition coefficient (Wildman–Crippen LogP) is 1.89. The summed E-state index contributed by atoms with van der Waals surface area (Å²) in [5.74, 6) is -0.877. The zero-order chi connectivity index (χ0) is 17.6. The summed E-state index contributed by atoms with van der Waals surface area (Å²) < 4.78 is 0.